The molecular formula is C25H30ClN3O3. The maximum Gasteiger partial charge on any atom is 0.280 e. The summed E-state index contributed by atoms with van der Waals surface area (Å²) < 4.78 is 5.73. The maximum atomic E-state index is 12.5. The van der Waals surface area contributed by atoms with Crippen LogP contribution in [0.2, 0.25) is 5.02 Å². The van der Waals surface area contributed by atoms with Crippen molar-refractivity contribution in [2.24, 2.45) is 11.0 Å². The molecule has 6 nitrogen and oxygen atoms in total. The predicted octanol–water partition coefficient (Wildman–Crippen LogP) is 5.47. The lowest BCUT2D eigenvalue weighted by atomic mass is 9.88. The van der Waals surface area contributed by atoms with Crippen LogP contribution in [0.25, 0.3) is 0 Å². The number of hydrogen-bond donors (Lipinski definition) is 2. The molecule has 0 heterocycles. The molecule has 32 heavy (non-hydrogen) atoms. The number of hydrogen-bond acceptors (Lipinski definition) is 4. The number of amides is 2. The number of rotatable bonds is 7. The topological polar surface area (TPSA) is 79.8 Å². The van der Waals surface area contributed by atoms with Crippen LogP contribution in [0.5, 0.6) is 5.75 Å². The van der Waals surface area contributed by atoms with Gasteiger partial charge in [0.05, 0.1) is 5.71 Å². The average molecular weight is 456 g/mol. The highest BCUT2D eigenvalue weighted by Crippen LogP contribution is 2.25. The zero-order valence-electron chi connectivity index (χ0n) is 18.8. The quantitative estimate of drug-likeness (QED) is 0.428. The fourth-order valence-corrected chi connectivity index (χ4v) is 3.94. The van der Waals surface area contributed by atoms with E-state index in [-0.39, 0.29) is 17.7 Å². The fraction of sp³-hybridized carbons (Fsp3) is 0.400. The molecule has 0 saturated heterocycles. The molecule has 1 atom stereocenters. The summed E-state index contributed by atoms with van der Waals surface area (Å²) in [6.07, 6.45) is 4.62. The third-order valence-electron chi connectivity index (χ3n) is 5.67. The Hall–Kier alpha value is -2.86. The Morgan fingerprint density at radius 3 is 2.59 bits per heavy atom. The van der Waals surface area contributed by atoms with Crippen LogP contribution in [0.4, 0.5) is 5.69 Å². The van der Waals surface area contributed by atoms with Crippen molar-refractivity contribution in [1.29, 1.82) is 0 Å². The number of nitrogens with one attached hydrogen (secondary N) is 2. The van der Waals surface area contributed by atoms with Gasteiger partial charge in [-0.05, 0) is 75.1 Å². The predicted molar refractivity (Wildman–Crippen MR) is 128 cm³/mol. The summed E-state index contributed by atoms with van der Waals surface area (Å²) in [4.78, 5) is 24.9. The number of hydrazone groups is 1. The van der Waals surface area contributed by atoms with Crippen molar-refractivity contribution in [3.8, 4) is 5.75 Å². The van der Waals surface area contributed by atoms with E-state index in [1.54, 1.807) is 32.0 Å². The number of carbonyl (C=O) groups is 2. The number of anilines is 1. The van der Waals surface area contributed by atoms with Crippen LogP contribution in [0.15, 0.2) is 47.6 Å². The minimum atomic E-state index is -0.729. The van der Waals surface area contributed by atoms with Gasteiger partial charge in [-0.2, -0.15) is 5.10 Å². The van der Waals surface area contributed by atoms with E-state index in [1.165, 1.54) is 6.42 Å². The van der Waals surface area contributed by atoms with E-state index >= 15 is 0 Å². The van der Waals surface area contributed by atoms with E-state index in [0.29, 0.717) is 16.5 Å². The van der Waals surface area contributed by atoms with Gasteiger partial charge in [0.2, 0.25) is 5.91 Å². The Morgan fingerprint density at radius 2 is 1.88 bits per heavy atom. The lowest BCUT2D eigenvalue weighted by molar-refractivity contribution is -0.127. The Labute approximate surface area is 194 Å². The Morgan fingerprint density at radius 1 is 1.12 bits per heavy atom. The lowest BCUT2D eigenvalue weighted by Crippen LogP contribution is -2.34. The van der Waals surface area contributed by atoms with Gasteiger partial charge in [0.25, 0.3) is 5.91 Å². The summed E-state index contributed by atoms with van der Waals surface area (Å²) in [6, 6.07) is 12.7. The van der Waals surface area contributed by atoms with Crippen LogP contribution in [0, 0.1) is 12.8 Å². The SMILES string of the molecule is C/C(=N\NC(=O)[C@H](C)Oc1ccc(Cl)cc1C)c1cccc(NC(=O)C2CCCCC2)c1. The molecule has 0 spiro atoms. The second kappa shape index (κ2) is 11.1. The van der Waals surface area contributed by atoms with Crippen molar-refractivity contribution >= 4 is 34.8 Å². The van der Waals surface area contributed by atoms with Gasteiger partial charge < -0.3 is 10.1 Å². The number of carbonyl (C=O) groups excluding carboxylic acids is 2. The molecule has 0 bridgehead atoms. The molecule has 170 valence electrons. The van der Waals surface area contributed by atoms with Crippen LogP contribution in [0.3, 0.4) is 0 Å². The zero-order valence-corrected chi connectivity index (χ0v) is 19.5. The first-order chi connectivity index (χ1) is 15.3. The lowest BCUT2D eigenvalue weighted by Gasteiger charge is -2.20. The molecular weight excluding hydrogens is 426 g/mol. The molecule has 3 rings (SSSR count). The van der Waals surface area contributed by atoms with Crippen molar-refractivity contribution in [2.45, 2.75) is 59.0 Å². The zero-order chi connectivity index (χ0) is 23.1. The number of aryl methyl sites for hydroxylation is 1. The Balaban J connectivity index is 1.58. The average Bonchev–Trinajstić information content (AvgIpc) is 2.79. The molecule has 7 heteroatoms. The number of nitrogens with zero attached hydrogens (tertiary/aromatic N) is 1. The largest absolute Gasteiger partial charge is 0.481 e. The smallest absolute Gasteiger partial charge is 0.280 e. The molecule has 2 amide bonds. The summed E-state index contributed by atoms with van der Waals surface area (Å²) in [5, 5.41) is 7.84. The Bertz CT molecular complexity index is 1000. The number of ether oxygens (including phenoxy) is 1. The first-order valence-corrected chi connectivity index (χ1v) is 11.4. The second-order valence-corrected chi connectivity index (χ2v) is 8.68. The van der Waals surface area contributed by atoms with Crippen molar-refractivity contribution in [3.05, 3.63) is 58.6 Å². The Kier molecular flexibility index (Phi) is 8.28. The van der Waals surface area contributed by atoms with E-state index in [2.05, 4.69) is 15.8 Å². The molecule has 0 radical (unpaired) electrons. The molecule has 0 unspecified atom stereocenters. The summed E-state index contributed by atoms with van der Waals surface area (Å²) >= 11 is 5.96. The standard InChI is InChI=1S/C25H30ClN3O3/c1-16-14-21(26)12-13-23(16)32-18(3)24(30)29-28-17(2)20-10-7-11-22(15-20)27-25(31)19-8-5-4-6-9-19/h7,10-15,18-19H,4-6,8-9H2,1-3H3,(H,27,31)(H,29,30)/b28-17+/t18-/m0/s1. The van der Waals surface area contributed by atoms with Gasteiger partial charge in [-0.3, -0.25) is 9.59 Å². The van der Waals surface area contributed by atoms with E-state index in [1.807, 2.05) is 31.2 Å². The molecule has 0 aromatic heterocycles. The van der Waals surface area contributed by atoms with Gasteiger partial charge in [-0.15, -0.1) is 0 Å². The van der Waals surface area contributed by atoms with Gasteiger partial charge in [-0.25, -0.2) is 5.43 Å². The third-order valence-corrected chi connectivity index (χ3v) is 5.90. The molecule has 1 aliphatic carbocycles. The molecule has 2 aromatic carbocycles. The highest BCUT2D eigenvalue weighted by atomic mass is 35.5. The van der Waals surface area contributed by atoms with Crippen LogP contribution < -0.4 is 15.5 Å². The summed E-state index contributed by atoms with van der Waals surface area (Å²) in [5.74, 6) is 0.403. The van der Waals surface area contributed by atoms with E-state index in [9.17, 15) is 9.59 Å². The van der Waals surface area contributed by atoms with Crippen LogP contribution in [0.1, 0.15) is 57.1 Å². The van der Waals surface area contributed by atoms with Crippen LogP contribution >= 0.6 is 11.6 Å². The van der Waals surface area contributed by atoms with Crippen molar-refractivity contribution in [3.63, 3.8) is 0 Å². The number of benzene rings is 2. The highest BCUT2D eigenvalue weighted by Gasteiger charge is 2.21. The molecule has 1 aliphatic rings. The molecule has 2 N–H and O–H groups in total. The van der Waals surface area contributed by atoms with Gasteiger partial charge >= 0.3 is 0 Å². The minimum absolute atomic E-state index is 0.0770. The van der Waals surface area contributed by atoms with Gasteiger partial charge in [-0.1, -0.05) is 43.0 Å². The van der Waals surface area contributed by atoms with Gasteiger partial charge in [0, 0.05) is 16.6 Å². The first kappa shape index (κ1) is 23.8. The van der Waals surface area contributed by atoms with Crippen LogP contribution in [-0.2, 0) is 9.59 Å². The summed E-state index contributed by atoms with van der Waals surface area (Å²) in [6.45, 7) is 5.33. The van der Waals surface area contributed by atoms with E-state index in [4.69, 9.17) is 16.3 Å². The summed E-state index contributed by atoms with van der Waals surface area (Å²) in [5.41, 5.74) is 5.58. The van der Waals surface area contributed by atoms with Crippen molar-refractivity contribution < 1.29 is 14.3 Å². The van der Waals surface area contributed by atoms with Gasteiger partial charge in [0.1, 0.15) is 5.75 Å². The maximum absolute atomic E-state index is 12.5. The van der Waals surface area contributed by atoms with Gasteiger partial charge in [0.15, 0.2) is 6.10 Å². The molecule has 2 aromatic rings. The molecule has 0 aliphatic heterocycles. The summed E-state index contributed by atoms with van der Waals surface area (Å²) in [7, 11) is 0. The van der Waals surface area contributed by atoms with Crippen molar-refractivity contribution in [1.82, 2.24) is 5.43 Å². The van der Waals surface area contributed by atoms with E-state index < -0.39 is 6.10 Å². The van der Waals surface area contributed by atoms with Crippen LogP contribution in [-0.4, -0.2) is 23.6 Å². The van der Waals surface area contributed by atoms with E-state index in [0.717, 1.165) is 42.5 Å². The minimum Gasteiger partial charge on any atom is -0.481 e. The molecule has 1 saturated carbocycles. The number of halogens is 1. The fourth-order valence-electron chi connectivity index (χ4n) is 3.71. The molecule has 1 fully saturated rings. The third kappa shape index (κ3) is 6.57. The first-order valence-electron chi connectivity index (χ1n) is 11.0. The second-order valence-electron chi connectivity index (χ2n) is 8.25. The van der Waals surface area contributed by atoms with Crippen molar-refractivity contribution in [2.75, 3.05) is 5.32 Å². The monoisotopic (exact) mass is 455 g/mol. The highest BCUT2D eigenvalue weighted by molar-refractivity contribution is 6.30. The normalized spacial score (nSPS) is 15.7.